The summed E-state index contributed by atoms with van der Waals surface area (Å²) >= 11 is 0. The van der Waals surface area contributed by atoms with Crippen LogP contribution in [0.5, 0.6) is 11.7 Å². The Morgan fingerprint density at radius 3 is 2.54 bits per heavy atom. The first kappa shape index (κ1) is 17.8. The van der Waals surface area contributed by atoms with Gasteiger partial charge in [0.2, 0.25) is 5.69 Å². The van der Waals surface area contributed by atoms with Gasteiger partial charge in [0.05, 0.1) is 12.4 Å². The molecule has 3 aromatic rings. The largest absolute Gasteiger partial charge is 0.538 e. The first-order valence-electron chi connectivity index (χ1n) is 8.86. The average Bonchev–Trinajstić information content (AvgIpc) is 3.15. The third-order valence-corrected chi connectivity index (χ3v) is 4.67. The number of piperazine rings is 1. The summed E-state index contributed by atoms with van der Waals surface area (Å²) in [6.07, 6.45) is 1.74. The molecule has 0 N–H and O–H groups in total. The molecule has 4 rings (SSSR count). The van der Waals surface area contributed by atoms with Gasteiger partial charge in [0, 0.05) is 44.5 Å². The minimum absolute atomic E-state index is 0.114. The fourth-order valence-electron chi connectivity index (χ4n) is 3.16. The number of anilines is 1. The van der Waals surface area contributed by atoms with Crippen LogP contribution in [0.3, 0.4) is 0 Å². The van der Waals surface area contributed by atoms with Gasteiger partial charge in [-0.3, -0.25) is 4.79 Å². The van der Waals surface area contributed by atoms with Gasteiger partial charge in [-0.15, -0.1) is 0 Å². The predicted octanol–water partition coefficient (Wildman–Crippen LogP) is 0.391. The zero-order valence-electron chi connectivity index (χ0n) is 15.3. The lowest BCUT2D eigenvalue weighted by atomic mass is 10.2. The van der Waals surface area contributed by atoms with Crippen molar-refractivity contribution in [2.24, 2.45) is 0 Å². The Hall–Kier alpha value is -3.62. The zero-order chi connectivity index (χ0) is 19.5. The van der Waals surface area contributed by atoms with Gasteiger partial charge in [0.15, 0.2) is 5.95 Å². The second kappa shape index (κ2) is 7.55. The molecule has 9 nitrogen and oxygen atoms in total. The van der Waals surface area contributed by atoms with E-state index in [1.54, 1.807) is 42.5 Å². The molecular formula is C19H19N5O4. The van der Waals surface area contributed by atoms with Crippen LogP contribution >= 0.6 is 0 Å². The van der Waals surface area contributed by atoms with Crippen molar-refractivity contribution in [3.8, 4) is 17.4 Å². The molecule has 1 aliphatic rings. The quantitative estimate of drug-likeness (QED) is 0.603. The lowest BCUT2D eigenvalue weighted by Gasteiger charge is -2.34. The van der Waals surface area contributed by atoms with Crippen LogP contribution in [0.15, 0.2) is 53.2 Å². The van der Waals surface area contributed by atoms with Crippen LogP contribution in [0.4, 0.5) is 5.82 Å². The van der Waals surface area contributed by atoms with Gasteiger partial charge in [-0.05, 0) is 28.9 Å². The van der Waals surface area contributed by atoms with Crippen molar-refractivity contribution in [2.75, 3.05) is 38.2 Å². The fourth-order valence-corrected chi connectivity index (χ4v) is 3.16. The standard InChI is InChI=1S/C19H19N5O4/c1-27-15-7-5-14(6-8-15)24-17(19(26)28-21-24)18(25)23-12-10-22(11-13-23)16-4-2-3-9-20-16/h2-9H,10-13H2,1H3. The smallest absolute Gasteiger partial charge is 0.327 e. The van der Waals surface area contributed by atoms with Gasteiger partial charge in [0.25, 0.3) is 0 Å². The van der Waals surface area contributed by atoms with Crippen LogP contribution in [0.2, 0.25) is 0 Å². The van der Waals surface area contributed by atoms with E-state index in [1.165, 1.54) is 4.68 Å². The summed E-state index contributed by atoms with van der Waals surface area (Å²) in [5, 5.41) is 15.9. The summed E-state index contributed by atoms with van der Waals surface area (Å²) in [6.45, 7) is 2.21. The fraction of sp³-hybridized carbons (Fsp3) is 0.263. The van der Waals surface area contributed by atoms with E-state index in [4.69, 9.17) is 9.26 Å². The van der Waals surface area contributed by atoms with Gasteiger partial charge in [0.1, 0.15) is 11.6 Å². The first-order chi connectivity index (χ1) is 13.7. The summed E-state index contributed by atoms with van der Waals surface area (Å²) in [7, 11) is 1.56. The molecule has 1 amide bonds. The van der Waals surface area contributed by atoms with Gasteiger partial charge in [-0.2, -0.15) is 0 Å². The predicted molar refractivity (Wildman–Crippen MR) is 96.4 cm³/mol. The number of methoxy groups -OCH3 is 1. The Balaban J connectivity index is 1.52. The third kappa shape index (κ3) is 3.34. The monoisotopic (exact) mass is 381 g/mol. The number of ether oxygens (including phenoxy) is 1. The van der Waals surface area contributed by atoms with Crippen LogP contribution in [-0.2, 0) is 0 Å². The second-order valence-corrected chi connectivity index (χ2v) is 6.29. The van der Waals surface area contributed by atoms with E-state index in [2.05, 4.69) is 15.2 Å². The van der Waals surface area contributed by atoms with Crippen molar-refractivity contribution >= 4 is 11.7 Å². The van der Waals surface area contributed by atoms with Crippen molar-refractivity contribution in [1.82, 2.24) is 15.2 Å². The molecule has 1 aliphatic heterocycles. The summed E-state index contributed by atoms with van der Waals surface area (Å²) in [4.78, 5) is 21.1. The molecule has 0 spiro atoms. The van der Waals surface area contributed by atoms with Crippen molar-refractivity contribution in [3.05, 3.63) is 54.4 Å². The Kier molecular flexibility index (Phi) is 4.79. The number of amides is 1. The molecule has 9 heteroatoms. The van der Waals surface area contributed by atoms with Crippen LogP contribution < -0.4 is 19.4 Å². The summed E-state index contributed by atoms with van der Waals surface area (Å²) in [6, 6.07) is 12.6. The van der Waals surface area contributed by atoms with Gasteiger partial charge < -0.3 is 24.2 Å². The molecule has 3 heterocycles. The second-order valence-electron chi connectivity index (χ2n) is 6.29. The Morgan fingerprint density at radius 2 is 1.89 bits per heavy atom. The van der Waals surface area contributed by atoms with Crippen LogP contribution in [0.25, 0.3) is 5.69 Å². The highest BCUT2D eigenvalue weighted by Crippen LogP contribution is 2.18. The van der Waals surface area contributed by atoms with E-state index in [0.29, 0.717) is 37.6 Å². The first-order valence-corrected chi connectivity index (χ1v) is 8.86. The lowest BCUT2D eigenvalue weighted by Crippen LogP contribution is -2.52. The molecular weight excluding hydrogens is 362 g/mol. The van der Waals surface area contributed by atoms with Crippen LogP contribution in [0.1, 0.15) is 10.5 Å². The molecule has 1 saturated heterocycles. The van der Waals surface area contributed by atoms with Crippen molar-refractivity contribution in [1.29, 1.82) is 0 Å². The SMILES string of the molecule is COc1ccc(-[n+]2noc([O-])c2C(=O)N2CCN(c3ccccn3)CC2)cc1. The number of pyridine rings is 1. The number of hydrogen-bond acceptors (Lipinski definition) is 7. The molecule has 0 bridgehead atoms. The Morgan fingerprint density at radius 1 is 1.14 bits per heavy atom. The van der Waals surface area contributed by atoms with Gasteiger partial charge >= 0.3 is 11.6 Å². The molecule has 1 fully saturated rings. The molecule has 1 aromatic carbocycles. The third-order valence-electron chi connectivity index (χ3n) is 4.67. The van der Waals surface area contributed by atoms with E-state index in [1.807, 2.05) is 18.2 Å². The minimum Gasteiger partial charge on any atom is -0.538 e. The van der Waals surface area contributed by atoms with E-state index in [9.17, 15) is 9.90 Å². The van der Waals surface area contributed by atoms with Gasteiger partial charge in [-0.25, -0.2) is 4.98 Å². The molecule has 0 aliphatic carbocycles. The normalized spacial score (nSPS) is 14.2. The molecule has 0 atom stereocenters. The number of nitrogens with zero attached hydrogens (tertiary/aromatic N) is 5. The van der Waals surface area contributed by atoms with E-state index in [0.717, 1.165) is 5.82 Å². The number of benzene rings is 1. The summed E-state index contributed by atoms with van der Waals surface area (Å²) < 4.78 is 11.1. The van der Waals surface area contributed by atoms with Crippen molar-refractivity contribution in [2.45, 2.75) is 0 Å². The maximum atomic E-state index is 13.0. The topological polar surface area (TPSA) is 98.6 Å². The Bertz CT molecular complexity index is 950. The molecule has 0 unspecified atom stereocenters. The molecule has 0 radical (unpaired) electrons. The summed E-state index contributed by atoms with van der Waals surface area (Å²) in [5.41, 5.74) is 0.429. The molecule has 2 aromatic heterocycles. The average molecular weight is 381 g/mol. The number of rotatable bonds is 4. The number of aromatic nitrogens is 3. The highest BCUT2D eigenvalue weighted by atomic mass is 16.6. The Labute approximate surface area is 161 Å². The van der Waals surface area contributed by atoms with E-state index in [-0.39, 0.29) is 5.69 Å². The van der Waals surface area contributed by atoms with E-state index < -0.39 is 11.9 Å². The zero-order valence-corrected chi connectivity index (χ0v) is 15.3. The molecule has 28 heavy (non-hydrogen) atoms. The summed E-state index contributed by atoms with van der Waals surface area (Å²) in [5.74, 6) is 0.377. The number of hydrogen-bond donors (Lipinski definition) is 0. The van der Waals surface area contributed by atoms with Crippen molar-refractivity contribution in [3.63, 3.8) is 0 Å². The van der Waals surface area contributed by atoms with Crippen LogP contribution in [-0.4, -0.2) is 54.4 Å². The number of carbonyl (C=O) groups is 1. The molecule has 144 valence electrons. The van der Waals surface area contributed by atoms with Gasteiger partial charge in [-0.1, -0.05) is 6.07 Å². The van der Waals surface area contributed by atoms with E-state index >= 15 is 0 Å². The number of carbonyl (C=O) groups excluding carboxylic acids is 1. The minimum atomic E-state index is -0.757. The molecule has 0 saturated carbocycles. The highest BCUT2D eigenvalue weighted by molar-refractivity contribution is 5.92. The lowest BCUT2D eigenvalue weighted by molar-refractivity contribution is -0.672. The maximum Gasteiger partial charge on any atom is 0.327 e. The maximum absolute atomic E-state index is 13.0. The highest BCUT2D eigenvalue weighted by Gasteiger charge is 2.33. The van der Waals surface area contributed by atoms with Crippen LogP contribution in [0, 0.1) is 0 Å². The van der Waals surface area contributed by atoms with Crippen molar-refractivity contribution < 1.29 is 23.8 Å².